The van der Waals surface area contributed by atoms with E-state index in [-0.39, 0.29) is 24.5 Å². The van der Waals surface area contributed by atoms with Crippen molar-refractivity contribution in [3.05, 3.63) is 106 Å². The lowest BCUT2D eigenvalue weighted by Crippen LogP contribution is -2.34. The van der Waals surface area contributed by atoms with Gasteiger partial charge in [-0.1, -0.05) is 88.7 Å². The lowest BCUT2D eigenvalue weighted by atomic mass is 9.96. The maximum absolute atomic E-state index is 13.0. The summed E-state index contributed by atoms with van der Waals surface area (Å²) >= 11 is 3.54. The number of ether oxygens (including phenoxy) is 1. The first-order valence-corrected chi connectivity index (χ1v) is 11.8. The molecule has 4 heteroatoms. The van der Waals surface area contributed by atoms with Crippen molar-refractivity contribution in [2.75, 3.05) is 0 Å². The fourth-order valence-electron chi connectivity index (χ4n) is 3.89. The summed E-state index contributed by atoms with van der Waals surface area (Å²) in [5.41, 5.74) is 3.01. The Labute approximate surface area is 200 Å². The number of benzene rings is 3. The molecular formula is C28H32BrNO2. The van der Waals surface area contributed by atoms with E-state index in [4.69, 9.17) is 4.74 Å². The molecular weight excluding hydrogens is 462 g/mol. The molecule has 0 aliphatic heterocycles. The van der Waals surface area contributed by atoms with E-state index in [1.807, 2.05) is 45.0 Å². The van der Waals surface area contributed by atoms with E-state index in [9.17, 15) is 4.79 Å². The average molecular weight is 494 g/mol. The van der Waals surface area contributed by atoms with Gasteiger partial charge in [-0.2, -0.15) is 0 Å². The molecule has 0 N–H and O–H groups in total. The lowest BCUT2D eigenvalue weighted by molar-refractivity contribution is -0.156. The Balaban J connectivity index is 2.02. The highest BCUT2D eigenvalue weighted by atomic mass is 79.9. The smallest absolute Gasteiger partial charge is 0.308 e. The van der Waals surface area contributed by atoms with Crippen LogP contribution in [0.2, 0.25) is 0 Å². The Morgan fingerprint density at radius 1 is 0.875 bits per heavy atom. The van der Waals surface area contributed by atoms with Crippen LogP contribution >= 0.6 is 15.9 Å². The molecule has 32 heavy (non-hydrogen) atoms. The van der Waals surface area contributed by atoms with Crippen molar-refractivity contribution in [2.24, 2.45) is 0 Å². The molecule has 0 aliphatic carbocycles. The Bertz CT molecular complexity index is 981. The van der Waals surface area contributed by atoms with Crippen LogP contribution in [0.3, 0.4) is 0 Å². The molecule has 0 aromatic heterocycles. The summed E-state index contributed by atoms with van der Waals surface area (Å²) in [5.74, 6) is -0.191. The van der Waals surface area contributed by atoms with Crippen molar-refractivity contribution in [1.29, 1.82) is 0 Å². The van der Waals surface area contributed by atoms with Crippen LogP contribution in [-0.4, -0.2) is 16.5 Å². The zero-order chi connectivity index (χ0) is 23.1. The van der Waals surface area contributed by atoms with Gasteiger partial charge in [-0.15, -0.1) is 0 Å². The number of carbonyl (C=O) groups excluding carboxylic acids is 1. The predicted octanol–water partition coefficient (Wildman–Crippen LogP) is 7.49. The molecule has 0 bridgehead atoms. The van der Waals surface area contributed by atoms with Crippen LogP contribution in [0, 0.1) is 0 Å². The molecule has 0 radical (unpaired) electrons. The summed E-state index contributed by atoms with van der Waals surface area (Å²) < 4.78 is 6.74. The first-order valence-electron chi connectivity index (χ1n) is 11.0. The third kappa shape index (κ3) is 7.04. The average Bonchev–Trinajstić information content (AvgIpc) is 2.76. The maximum Gasteiger partial charge on any atom is 0.308 e. The molecule has 0 saturated heterocycles. The summed E-state index contributed by atoms with van der Waals surface area (Å²) in [7, 11) is 0. The third-order valence-electron chi connectivity index (χ3n) is 5.42. The number of esters is 1. The molecule has 0 aliphatic rings. The van der Waals surface area contributed by atoms with Crippen LogP contribution in [0.4, 0.5) is 0 Å². The van der Waals surface area contributed by atoms with Crippen molar-refractivity contribution in [3.8, 4) is 0 Å². The zero-order valence-electron chi connectivity index (χ0n) is 19.3. The summed E-state index contributed by atoms with van der Waals surface area (Å²) in [6.07, 6.45) is 0.281. The normalized spacial score (nSPS) is 13.6. The van der Waals surface area contributed by atoms with Gasteiger partial charge in [0.25, 0.3) is 0 Å². The van der Waals surface area contributed by atoms with Gasteiger partial charge in [0.15, 0.2) is 0 Å². The standard InChI is InChI=1S/C28H32BrNO2/c1-21(23-13-9-6-10-14-23)30(20-22-11-7-5-8-12-22)26(19-27(31)32-28(2,3)4)24-15-17-25(29)18-16-24/h5-18,21,26H,19-20H2,1-4H3/t21-,26+/m1/s1. The monoisotopic (exact) mass is 493 g/mol. The minimum Gasteiger partial charge on any atom is -0.460 e. The number of hydrogen-bond acceptors (Lipinski definition) is 3. The van der Waals surface area contributed by atoms with Crippen LogP contribution < -0.4 is 0 Å². The van der Waals surface area contributed by atoms with Gasteiger partial charge in [0.2, 0.25) is 0 Å². The number of nitrogens with zero attached hydrogens (tertiary/aromatic N) is 1. The molecule has 168 valence electrons. The molecule has 3 aromatic rings. The van der Waals surface area contributed by atoms with E-state index in [0.29, 0.717) is 0 Å². The van der Waals surface area contributed by atoms with Crippen LogP contribution in [0.15, 0.2) is 89.4 Å². The molecule has 3 aromatic carbocycles. The highest BCUT2D eigenvalue weighted by Crippen LogP contribution is 2.35. The fourth-order valence-corrected chi connectivity index (χ4v) is 4.15. The van der Waals surface area contributed by atoms with Crippen molar-refractivity contribution >= 4 is 21.9 Å². The Kier molecular flexibility index (Phi) is 8.27. The lowest BCUT2D eigenvalue weighted by Gasteiger charge is -2.37. The topological polar surface area (TPSA) is 29.5 Å². The second-order valence-corrected chi connectivity index (χ2v) is 10.0. The quantitative estimate of drug-likeness (QED) is 0.304. The number of carbonyl (C=O) groups is 1. The van der Waals surface area contributed by atoms with Gasteiger partial charge in [0.1, 0.15) is 5.60 Å². The minimum atomic E-state index is -0.517. The molecule has 0 heterocycles. The van der Waals surface area contributed by atoms with Crippen LogP contribution in [0.5, 0.6) is 0 Å². The minimum absolute atomic E-state index is 0.104. The highest BCUT2D eigenvalue weighted by Gasteiger charge is 2.30. The summed E-state index contributed by atoms with van der Waals surface area (Å²) in [6.45, 7) is 8.66. The van der Waals surface area contributed by atoms with Gasteiger partial charge in [-0.3, -0.25) is 9.69 Å². The van der Waals surface area contributed by atoms with Crippen molar-refractivity contribution in [3.63, 3.8) is 0 Å². The van der Waals surface area contributed by atoms with Crippen LogP contribution in [-0.2, 0) is 16.1 Å². The number of halogens is 1. The highest BCUT2D eigenvalue weighted by molar-refractivity contribution is 9.10. The molecule has 2 atom stereocenters. The second kappa shape index (κ2) is 10.9. The summed E-state index contributed by atoms with van der Waals surface area (Å²) in [6, 6.07) is 29.1. The SMILES string of the molecule is C[C@H](c1ccccc1)N(Cc1ccccc1)[C@@H](CC(=O)OC(C)(C)C)c1ccc(Br)cc1. The van der Waals surface area contributed by atoms with Gasteiger partial charge in [0.05, 0.1) is 6.42 Å². The van der Waals surface area contributed by atoms with Crippen molar-refractivity contribution < 1.29 is 9.53 Å². The van der Waals surface area contributed by atoms with Crippen molar-refractivity contribution in [1.82, 2.24) is 4.90 Å². The molecule has 3 nitrogen and oxygen atoms in total. The first kappa shape index (κ1) is 24.2. The molecule has 0 spiro atoms. The van der Waals surface area contributed by atoms with Gasteiger partial charge in [-0.05, 0) is 56.5 Å². The van der Waals surface area contributed by atoms with Crippen molar-refractivity contribution in [2.45, 2.75) is 58.3 Å². The van der Waals surface area contributed by atoms with E-state index in [1.165, 1.54) is 11.1 Å². The summed E-state index contributed by atoms with van der Waals surface area (Å²) in [4.78, 5) is 15.4. The predicted molar refractivity (Wildman–Crippen MR) is 134 cm³/mol. The fraction of sp³-hybridized carbons (Fsp3) is 0.321. The summed E-state index contributed by atoms with van der Waals surface area (Å²) in [5, 5.41) is 0. The van der Waals surface area contributed by atoms with E-state index in [2.05, 4.69) is 88.4 Å². The van der Waals surface area contributed by atoms with Gasteiger partial charge in [-0.25, -0.2) is 0 Å². The first-order chi connectivity index (χ1) is 15.2. The number of hydrogen-bond donors (Lipinski definition) is 0. The zero-order valence-corrected chi connectivity index (χ0v) is 20.9. The molecule has 3 rings (SSSR count). The molecule has 0 amide bonds. The van der Waals surface area contributed by atoms with E-state index < -0.39 is 5.60 Å². The Morgan fingerprint density at radius 3 is 2.00 bits per heavy atom. The molecule has 0 unspecified atom stereocenters. The number of rotatable bonds is 8. The molecule has 0 fully saturated rings. The molecule has 0 saturated carbocycles. The van der Waals surface area contributed by atoms with Crippen LogP contribution in [0.25, 0.3) is 0 Å². The van der Waals surface area contributed by atoms with E-state index >= 15 is 0 Å². The largest absolute Gasteiger partial charge is 0.460 e. The third-order valence-corrected chi connectivity index (χ3v) is 5.95. The van der Waals surface area contributed by atoms with E-state index in [1.54, 1.807) is 0 Å². The Hall–Kier alpha value is -2.43. The van der Waals surface area contributed by atoms with Gasteiger partial charge < -0.3 is 4.74 Å². The Morgan fingerprint density at radius 2 is 1.44 bits per heavy atom. The maximum atomic E-state index is 13.0. The van der Waals surface area contributed by atoms with Crippen LogP contribution in [0.1, 0.15) is 62.9 Å². The van der Waals surface area contributed by atoms with E-state index in [0.717, 1.165) is 16.6 Å². The second-order valence-electron chi connectivity index (χ2n) is 9.10. The van der Waals surface area contributed by atoms with Gasteiger partial charge >= 0.3 is 5.97 Å². The van der Waals surface area contributed by atoms with Gasteiger partial charge in [0, 0.05) is 23.1 Å².